The van der Waals surface area contributed by atoms with Crippen LogP contribution in [0.5, 0.6) is 0 Å². The monoisotopic (exact) mass is 251 g/mol. The van der Waals surface area contributed by atoms with Gasteiger partial charge in [0, 0.05) is 16.3 Å². The summed E-state index contributed by atoms with van der Waals surface area (Å²) in [4.78, 5) is 1.25. The molecule has 0 bridgehead atoms. The summed E-state index contributed by atoms with van der Waals surface area (Å²) in [6.07, 6.45) is 5.28. The smallest absolute Gasteiger partial charge is 0.0481 e. The number of aryl methyl sites for hydroxylation is 1. The second kappa shape index (κ2) is 7.65. The normalized spacial score (nSPS) is 12.6. The third-order valence-electron chi connectivity index (χ3n) is 3.30. The average molecular weight is 251 g/mol. The molecule has 2 N–H and O–H groups in total. The lowest BCUT2D eigenvalue weighted by Gasteiger charge is -2.15. The summed E-state index contributed by atoms with van der Waals surface area (Å²) in [6.45, 7) is 6.63. The predicted molar refractivity (Wildman–Crippen MR) is 79.6 cm³/mol. The minimum atomic E-state index is 0.833. The van der Waals surface area contributed by atoms with Crippen LogP contribution >= 0.6 is 11.8 Å². The van der Waals surface area contributed by atoms with Crippen molar-refractivity contribution in [2.45, 2.75) is 51.3 Å². The van der Waals surface area contributed by atoms with Gasteiger partial charge in [-0.05, 0) is 30.9 Å². The van der Waals surface area contributed by atoms with Gasteiger partial charge in [-0.1, -0.05) is 45.2 Å². The van der Waals surface area contributed by atoms with Gasteiger partial charge in [-0.3, -0.25) is 0 Å². The summed E-state index contributed by atoms with van der Waals surface area (Å²) in [5.41, 5.74) is 8.24. The molecule has 1 nitrogen and oxygen atoms in total. The Bertz CT molecular complexity index is 336. The van der Waals surface area contributed by atoms with Gasteiger partial charge in [0.2, 0.25) is 0 Å². The summed E-state index contributed by atoms with van der Waals surface area (Å²) < 4.78 is 0. The summed E-state index contributed by atoms with van der Waals surface area (Å²) >= 11 is 1.92. The molecule has 0 saturated heterocycles. The molecular weight excluding hydrogens is 226 g/mol. The molecule has 0 saturated carbocycles. The molecule has 17 heavy (non-hydrogen) atoms. The Morgan fingerprint density at radius 2 is 2.06 bits per heavy atom. The molecule has 0 aliphatic carbocycles. The molecule has 96 valence electrons. The molecule has 0 fully saturated rings. The Labute approximate surface area is 110 Å². The fourth-order valence-corrected chi connectivity index (χ4v) is 3.19. The van der Waals surface area contributed by atoms with Crippen LogP contribution in [0.2, 0.25) is 0 Å². The van der Waals surface area contributed by atoms with Gasteiger partial charge in [-0.15, -0.1) is 11.8 Å². The van der Waals surface area contributed by atoms with E-state index < -0.39 is 0 Å². The molecule has 0 aromatic heterocycles. The minimum Gasteiger partial charge on any atom is -0.398 e. The number of nitrogen functional groups attached to an aromatic ring is 1. The molecule has 0 radical (unpaired) electrons. The van der Waals surface area contributed by atoms with Crippen molar-refractivity contribution in [3.63, 3.8) is 0 Å². The molecule has 0 aliphatic rings. The van der Waals surface area contributed by atoms with Crippen LogP contribution in [-0.4, -0.2) is 5.75 Å². The van der Waals surface area contributed by atoms with Crippen molar-refractivity contribution in [1.82, 2.24) is 0 Å². The van der Waals surface area contributed by atoms with Gasteiger partial charge < -0.3 is 5.73 Å². The van der Waals surface area contributed by atoms with Gasteiger partial charge in [-0.2, -0.15) is 0 Å². The molecule has 1 atom stereocenters. The molecule has 1 aromatic carbocycles. The molecule has 0 aliphatic heterocycles. The van der Waals surface area contributed by atoms with Crippen LogP contribution in [0.25, 0.3) is 0 Å². The molecule has 1 aromatic rings. The fraction of sp³-hybridized carbons (Fsp3) is 0.600. The highest BCUT2D eigenvalue weighted by atomic mass is 32.2. The van der Waals surface area contributed by atoms with E-state index in [0.717, 1.165) is 11.6 Å². The van der Waals surface area contributed by atoms with Crippen LogP contribution in [0.15, 0.2) is 23.1 Å². The highest BCUT2D eigenvalue weighted by molar-refractivity contribution is 7.99. The summed E-state index contributed by atoms with van der Waals surface area (Å²) in [6, 6.07) is 6.31. The Hall–Kier alpha value is -0.630. The molecule has 1 unspecified atom stereocenters. The lowest BCUT2D eigenvalue weighted by Crippen LogP contribution is -2.03. The van der Waals surface area contributed by atoms with Crippen molar-refractivity contribution in [3.8, 4) is 0 Å². The van der Waals surface area contributed by atoms with Crippen molar-refractivity contribution in [3.05, 3.63) is 23.8 Å². The van der Waals surface area contributed by atoms with Gasteiger partial charge >= 0.3 is 0 Å². The van der Waals surface area contributed by atoms with Gasteiger partial charge in [0.15, 0.2) is 0 Å². The summed E-state index contributed by atoms with van der Waals surface area (Å²) in [7, 11) is 0. The van der Waals surface area contributed by atoms with Gasteiger partial charge in [0.25, 0.3) is 0 Å². The van der Waals surface area contributed by atoms with E-state index in [0.29, 0.717) is 0 Å². The van der Waals surface area contributed by atoms with Crippen molar-refractivity contribution >= 4 is 17.4 Å². The first kappa shape index (κ1) is 14.4. The Morgan fingerprint density at radius 1 is 1.29 bits per heavy atom. The van der Waals surface area contributed by atoms with E-state index in [9.17, 15) is 0 Å². The van der Waals surface area contributed by atoms with Crippen LogP contribution in [-0.2, 0) is 0 Å². The maximum Gasteiger partial charge on any atom is 0.0481 e. The van der Waals surface area contributed by atoms with E-state index in [1.807, 2.05) is 11.8 Å². The van der Waals surface area contributed by atoms with Crippen molar-refractivity contribution in [1.29, 1.82) is 0 Å². The lowest BCUT2D eigenvalue weighted by atomic mass is 10.0. The second-order valence-electron chi connectivity index (χ2n) is 4.71. The van der Waals surface area contributed by atoms with E-state index in [1.165, 1.54) is 41.9 Å². The van der Waals surface area contributed by atoms with Crippen LogP contribution in [0, 0.1) is 12.8 Å². The molecular formula is C15H25NS. The Kier molecular flexibility index (Phi) is 6.49. The van der Waals surface area contributed by atoms with E-state index in [1.54, 1.807) is 0 Å². The first-order chi connectivity index (χ1) is 8.19. The molecule has 1 rings (SSSR count). The molecule has 2 heteroatoms. The predicted octanol–water partition coefficient (Wildman–Crippen LogP) is 4.89. The summed E-state index contributed by atoms with van der Waals surface area (Å²) in [5.74, 6) is 2.03. The Morgan fingerprint density at radius 3 is 2.71 bits per heavy atom. The number of hydrogen-bond donors (Lipinski definition) is 1. The van der Waals surface area contributed by atoms with Crippen molar-refractivity contribution in [2.24, 2.45) is 5.92 Å². The fourth-order valence-electron chi connectivity index (χ4n) is 1.89. The molecule has 0 amide bonds. The van der Waals surface area contributed by atoms with Crippen molar-refractivity contribution in [2.75, 3.05) is 11.5 Å². The number of thioether (sulfide) groups is 1. The maximum absolute atomic E-state index is 6.09. The highest BCUT2D eigenvalue weighted by Gasteiger charge is 2.08. The number of nitrogens with two attached hydrogens (primary N) is 1. The zero-order valence-electron chi connectivity index (χ0n) is 11.3. The number of rotatable bonds is 7. The number of anilines is 1. The third kappa shape index (κ3) is 4.63. The Balaban J connectivity index is 2.50. The van der Waals surface area contributed by atoms with Gasteiger partial charge in [-0.25, -0.2) is 0 Å². The zero-order chi connectivity index (χ0) is 12.7. The lowest BCUT2D eigenvalue weighted by molar-refractivity contribution is 0.499. The quantitative estimate of drug-likeness (QED) is 0.552. The molecule has 0 heterocycles. The number of benzene rings is 1. The van der Waals surface area contributed by atoms with Gasteiger partial charge in [0.05, 0.1) is 0 Å². The van der Waals surface area contributed by atoms with E-state index in [2.05, 4.69) is 39.0 Å². The average Bonchev–Trinajstić information content (AvgIpc) is 2.34. The van der Waals surface area contributed by atoms with Crippen LogP contribution < -0.4 is 5.73 Å². The van der Waals surface area contributed by atoms with Crippen LogP contribution in [0.1, 0.15) is 45.1 Å². The number of unbranched alkanes of at least 4 members (excludes halogenated alkanes) is 1. The SMILES string of the molecule is CCCCC(CC)CSc1cccc(C)c1N. The minimum absolute atomic E-state index is 0.833. The topological polar surface area (TPSA) is 26.0 Å². The largest absolute Gasteiger partial charge is 0.398 e. The van der Waals surface area contributed by atoms with Crippen LogP contribution in [0.3, 0.4) is 0 Å². The second-order valence-corrected chi connectivity index (χ2v) is 5.78. The first-order valence-electron chi connectivity index (χ1n) is 6.66. The number of hydrogen-bond acceptors (Lipinski definition) is 2. The van der Waals surface area contributed by atoms with Crippen molar-refractivity contribution < 1.29 is 0 Å². The maximum atomic E-state index is 6.09. The van der Waals surface area contributed by atoms with E-state index in [4.69, 9.17) is 5.73 Å². The number of para-hydroxylation sites is 1. The first-order valence-corrected chi connectivity index (χ1v) is 7.65. The van der Waals surface area contributed by atoms with Crippen LogP contribution in [0.4, 0.5) is 5.69 Å². The zero-order valence-corrected chi connectivity index (χ0v) is 12.1. The highest BCUT2D eigenvalue weighted by Crippen LogP contribution is 2.30. The third-order valence-corrected chi connectivity index (χ3v) is 4.61. The van der Waals surface area contributed by atoms with Gasteiger partial charge in [0.1, 0.15) is 0 Å². The summed E-state index contributed by atoms with van der Waals surface area (Å²) in [5, 5.41) is 0. The molecule has 0 spiro atoms. The van der Waals surface area contributed by atoms with E-state index >= 15 is 0 Å². The standard InChI is InChI=1S/C15H25NS/c1-4-6-9-13(5-2)11-17-14-10-7-8-12(3)15(14)16/h7-8,10,13H,4-6,9,11,16H2,1-3H3. The van der Waals surface area contributed by atoms with E-state index in [-0.39, 0.29) is 0 Å².